The van der Waals surface area contributed by atoms with Gasteiger partial charge >= 0.3 is 12.1 Å². The minimum atomic E-state index is -0.504. The van der Waals surface area contributed by atoms with Crippen molar-refractivity contribution in [2.75, 3.05) is 44.8 Å². The lowest BCUT2D eigenvalue weighted by Gasteiger charge is -2.47. The summed E-state index contributed by atoms with van der Waals surface area (Å²) in [7, 11) is 1.37. The van der Waals surface area contributed by atoms with Gasteiger partial charge in [0.15, 0.2) is 0 Å². The van der Waals surface area contributed by atoms with E-state index in [-0.39, 0.29) is 17.7 Å². The van der Waals surface area contributed by atoms with E-state index in [0.29, 0.717) is 29.7 Å². The lowest BCUT2D eigenvalue weighted by molar-refractivity contribution is -0.119. The van der Waals surface area contributed by atoms with Gasteiger partial charge in [-0.25, -0.2) is 9.59 Å². The third-order valence-corrected chi connectivity index (χ3v) is 5.95. The quantitative estimate of drug-likeness (QED) is 0.614. The third-order valence-electron chi connectivity index (χ3n) is 5.30. The number of carbonyl (C=O) groups excluding carboxylic acids is 2. The predicted octanol–water partition coefficient (Wildman–Crippen LogP) is 3.84. The highest BCUT2D eigenvalue weighted by Crippen LogP contribution is 2.34. The molecular formula is C21H29BrN2O5. The van der Waals surface area contributed by atoms with Gasteiger partial charge in [0.05, 0.1) is 31.4 Å². The second kappa shape index (κ2) is 8.52. The number of methoxy groups -OCH3 is 1. The molecule has 2 aliphatic rings. The fourth-order valence-electron chi connectivity index (χ4n) is 3.78. The van der Waals surface area contributed by atoms with E-state index in [9.17, 15) is 9.59 Å². The van der Waals surface area contributed by atoms with Crippen molar-refractivity contribution in [3.05, 3.63) is 28.2 Å². The number of rotatable bonds is 2. The standard InChI is InChI=1S/C21H29BrN2O5/c1-20(2,3)29-19(26)24-11-12-28-21(14-24)7-9-23(10-8-21)15-5-6-16(17(22)13-15)18(25)27-4/h5-6,13H,7-12,14H2,1-4H3. The van der Waals surface area contributed by atoms with Gasteiger partial charge in [-0.3, -0.25) is 0 Å². The Morgan fingerprint density at radius 1 is 1.17 bits per heavy atom. The number of hydrogen-bond donors (Lipinski definition) is 0. The number of benzene rings is 1. The van der Waals surface area contributed by atoms with Gasteiger partial charge in [0.1, 0.15) is 5.60 Å². The minimum absolute atomic E-state index is 0.273. The normalized spacial score (nSPS) is 19.2. The highest BCUT2D eigenvalue weighted by Gasteiger charge is 2.42. The summed E-state index contributed by atoms with van der Waals surface area (Å²) in [6.07, 6.45) is 1.37. The van der Waals surface area contributed by atoms with E-state index in [4.69, 9.17) is 14.2 Å². The highest BCUT2D eigenvalue weighted by molar-refractivity contribution is 9.10. The molecule has 0 aliphatic carbocycles. The van der Waals surface area contributed by atoms with Crippen LogP contribution in [0.3, 0.4) is 0 Å². The Labute approximate surface area is 180 Å². The molecule has 0 unspecified atom stereocenters. The third kappa shape index (κ3) is 5.22. The summed E-state index contributed by atoms with van der Waals surface area (Å²) in [5.74, 6) is -0.362. The summed E-state index contributed by atoms with van der Waals surface area (Å²) in [5, 5.41) is 0. The molecule has 0 bridgehead atoms. The number of hydrogen-bond acceptors (Lipinski definition) is 6. The molecule has 8 heteroatoms. The van der Waals surface area contributed by atoms with Crippen LogP contribution >= 0.6 is 15.9 Å². The Bertz CT molecular complexity index is 769. The molecule has 2 saturated heterocycles. The summed E-state index contributed by atoms with van der Waals surface area (Å²) in [5.41, 5.74) is 0.720. The first-order chi connectivity index (χ1) is 13.6. The summed E-state index contributed by atoms with van der Waals surface area (Å²) >= 11 is 3.46. The molecule has 1 spiro atoms. The maximum atomic E-state index is 12.5. The number of morpholine rings is 1. The van der Waals surface area contributed by atoms with Crippen LogP contribution in [0, 0.1) is 0 Å². The summed E-state index contributed by atoms with van der Waals surface area (Å²) < 4.78 is 17.2. The molecular weight excluding hydrogens is 440 g/mol. The van der Waals surface area contributed by atoms with Crippen molar-refractivity contribution >= 4 is 33.7 Å². The van der Waals surface area contributed by atoms with Gasteiger partial charge in [-0.2, -0.15) is 0 Å². The number of amides is 1. The van der Waals surface area contributed by atoms with Crippen molar-refractivity contribution in [2.45, 2.75) is 44.8 Å². The molecule has 29 heavy (non-hydrogen) atoms. The van der Waals surface area contributed by atoms with E-state index in [0.717, 1.165) is 31.6 Å². The SMILES string of the molecule is COC(=O)c1ccc(N2CCC3(CC2)CN(C(=O)OC(C)(C)C)CCO3)cc1Br. The molecule has 0 N–H and O–H groups in total. The molecule has 0 saturated carbocycles. The average molecular weight is 469 g/mol. The largest absolute Gasteiger partial charge is 0.465 e. The van der Waals surface area contributed by atoms with E-state index in [1.807, 2.05) is 32.9 Å². The molecule has 1 aromatic rings. The van der Waals surface area contributed by atoms with Gasteiger partial charge in [0.25, 0.3) is 0 Å². The van der Waals surface area contributed by atoms with Crippen LogP contribution in [0.15, 0.2) is 22.7 Å². The molecule has 3 rings (SSSR count). The Kier molecular flexibility index (Phi) is 6.43. The van der Waals surface area contributed by atoms with Crippen molar-refractivity contribution < 1.29 is 23.8 Å². The molecule has 0 aromatic heterocycles. The van der Waals surface area contributed by atoms with Crippen molar-refractivity contribution in [1.29, 1.82) is 0 Å². The first kappa shape index (κ1) is 21.9. The summed E-state index contributed by atoms with van der Waals surface area (Å²) in [6, 6.07) is 5.65. The minimum Gasteiger partial charge on any atom is -0.465 e. The summed E-state index contributed by atoms with van der Waals surface area (Å²) in [4.78, 5) is 28.3. The zero-order valence-corrected chi connectivity index (χ0v) is 19.1. The van der Waals surface area contributed by atoms with E-state index >= 15 is 0 Å². The molecule has 2 fully saturated rings. The van der Waals surface area contributed by atoms with E-state index in [1.54, 1.807) is 11.0 Å². The smallest absolute Gasteiger partial charge is 0.410 e. The second-order valence-corrected chi connectivity index (χ2v) is 9.43. The fraction of sp³-hybridized carbons (Fsp3) is 0.619. The van der Waals surface area contributed by atoms with Crippen LogP contribution in [0.2, 0.25) is 0 Å². The van der Waals surface area contributed by atoms with Crippen LogP contribution in [-0.2, 0) is 14.2 Å². The maximum absolute atomic E-state index is 12.5. The van der Waals surface area contributed by atoms with Crippen molar-refractivity contribution in [3.63, 3.8) is 0 Å². The Balaban J connectivity index is 1.63. The molecule has 2 heterocycles. The van der Waals surface area contributed by atoms with E-state index < -0.39 is 5.60 Å². The second-order valence-electron chi connectivity index (χ2n) is 8.58. The molecule has 160 valence electrons. The lowest BCUT2D eigenvalue weighted by Crippen LogP contribution is -2.58. The average Bonchev–Trinajstić information content (AvgIpc) is 2.67. The number of carbonyl (C=O) groups is 2. The monoisotopic (exact) mass is 468 g/mol. The van der Waals surface area contributed by atoms with Crippen LogP contribution in [-0.4, -0.2) is 68.1 Å². The lowest BCUT2D eigenvalue weighted by atomic mass is 9.89. The number of esters is 1. The summed E-state index contributed by atoms with van der Waals surface area (Å²) in [6.45, 7) is 8.90. The molecule has 2 aliphatic heterocycles. The number of nitrogens with zero attached hydrogens (tertiary/aromatic N) is 2. The number of ether oxygens (including phenoxy) is 3. The molecule has 0 radical (unpaired) electrons. The molecule has 1 aromatic carbocycles. The molecule has 7 nitrogen and oxygen atoms in total. The Morgan fingerprint density at radius 3 is 2.45 bits per heavy atom. The highest BCUT2D eigenvalue weighted by atomic mass is 79.9. The van der Waals surface area contributed by atoms with Crippen molar-refractivity contribution in [3.8, 4) is 0 Å². The number of anilines is 1. The van der Waals surface area contributed by atoms with Crippen LogP contribution in [0.25, 0.3) is 0 Å². The molecule has 1 amide bonds. The van der Waals surface area contributed by atoms with Crippen LogP contribution in [0.4, 0.5) is 10.5 Å². The van der Waals surface area contributed by atoms with Crippen molar-refractivity contribution in [2.24, 2.45) is 0 Å². The van der Waals surface area contributed by atoms with Gasteiger partial charge in [0, 0.05) is 29.8 Å². The fourth-order valence-corrected chi connectivity index (χ4v) is 4.31. The molecule has 0 atom stereocenters. The van der Waals surface area contributed by atoms with Gasteiger partial charge in [-0.1, -0.05) is 0 Å². The first-order valence-electron chi connectivity index (χ1n) is 9.87. The van der Waals surface area contributed by atoms with Crippen molar-refractivity contribution in [1.82, 2.24) is 4.90 Å². The van der Waals surface area contributed by atoms with E-state index in [2.05, 4.69) is 20.8 Å². The zero-order chi connectivity index (χ0) is 21.2. The van der Waals surface area contributed by atoms with Gasteiger partial charge in [-0.15, -0.1) is 0 Å². The number of piperidine rings is 1. The van der Waals surface area contributed by atoms with Crippen LogP contribution in [0.1, 0.15) is 44.0 Å². The number of halogens is 1. The first-order valence-corrected chi connectivity index (χ1v) is 10.7. The Hall–Kier alpha value is -1.80. The predicted molar refractivity (Wildman–Crippen MR) is 113 cm³/mol. The van der Waals surface area contributed by atoms with Crippen LogP contribution < -0.4 is 4.90 Å². The maximum Gasteiger partial charge on any atom is 0.410 e. The topological polar surface area (TPSA) is 68.3 Å². The van der Waals surface area contributed by atoms with Gasteiger partial charge < -0.3 is 24.0 Å². The van der Waals surface area contributed by atoms with Gasteiger partial charge in [-0.05, 0) is 67.7 Å². The van der Waals surface area contributed by atoms with E-state index in [1.165, 1.54) is 7.11 Å². The zero-order valence-electron chi connectivity index (χ0n) is 17.5. The van der Waals surface area contributed by atoms with Crippen LogP contribution in [0.5, 0.6) is 0 Å². The van der Waals surface area contributed by atoms with Gasteiger partial charge in [0.2, 0.25) is 0 Å². The Morgan fingerprint density at radius 2 is 1.86 bits per heavy atom.